The summed E-state index contributed by atoms with van der Waals surface area (Å²) in [5.41, 5.74) is 2.80. The van der Waals surface area contributed by atoms with E-state index in [4.69, 9.17) is 21.7 Å². The van der Waals surface area contributed by atoms with Crippen molar-refractivity contribution in [3.05, 3.63) is 76.7 Å². The first-order valence-corrected chi connectivity index (χ1v) is 12.0. The van der Waals surface area contributed by atoms with Gasteiger partial charge in [-0.2, -0.15) is 0 Å². The van der Waals surface area contributed by atoms with Crippen LogP contribution in [0, 0.1) is 0 Å². The molecular formula is C25H27N3O3S2. The number of nitrogens with one attached hydrogen (secondary N) is 1. The first-order valence-electron chi connectivity index (χ1n) is 10.8. The fourth-order valence-corrected chi connectivity index (χ4v) is 5.33. The van der Waals surface area contributed by atoms with Crippen LogP contribution in [0.4, 0.5) is 10.7 Å². The maximum absolute atomic E-state index is 12.4. The highest BCUT2D eigenvalue weighted by atomic mass is 32.1. The van der Waals surface area contributed by atoms with E-state index in [2.05, 4.69) is 33.3 Å². The summed E-state index contributed by atoms with van der Waals surface area (Å²) in [6.45, 7) is 3.21. The molecule has 2 aromatic carbocycles. The highest BCUT2D eigenvalue weighted by Crippen LogP contribution is 2.32. The molecule has 8 heteroatoms. The minimum absolute atomic E-state index is 0.364. The van der Waals surface area contributed by atoms with Crippen LogP contribution in [0.1, 0.15) is 20.8 Å². The van der Waals surface area contributed by atoms with Gasteiger partial charge >= 0.3 is 5.97 Å². The standard InChI is InChI=1S/C25H27N3O3S2/c1-30-22-11-7-6-10-21(22)27-12-14-28(15-13-27)25(32)26-23-20(24(29)31-2)17-19(33-23)16-18-8-4-3-5-9-18/h3-11,17H,12-16H2,1-2H3,(H,26,32). The molecule has 0 atom stereocenters. The molecule has 1 saturated heterocycles. The number of carbonyl (C=O) groups excluding carboxylic acids is 1. The van der Waals surface area contributed by atoms with Gasteiger partial charge in [-0.3, -0.25) is 0 Å². The lowest BCUT2D eigenvalue weighted by molar-refractivity contribution is 0.0602. The summed E-state index contributed by atoms with van der Waals surface area (Å²) in [6.07, 6.45) is 0.752. The first kappa shape index (κ1) is 23.1. The van der Waals surface area contributed by atoms with Gasteiger partial charge in [-0.15, -0.1) is 11.3 Å². The topological polar surface area (TPSA) is 54.0 Å². The first-order chi connectivity index (χ1) is 16.1. The fourth-order valence-electron chi connectivity index (χ4n) is 3.90. The van der Waals surface area contributed by atoms with Crippen LogP contribution in [-0.2, 0) is 11.2 Å². The van der Waals surface area contributed by atoms with Crippen LogP contribution in [0.3, 0.4) is 0 Å². The zero-order valence-electron chi connectivity index (χ0n) is 18.7. The average molecular weight is 482 g/mol. The Bertz CT molecular complexity index is 1110. The fraction of sp³-hybridized carbons (Fsp3) is 0.280. The second kappa shape index (κ2) is 10.7. The Morgan fingerprint density at radius 1 is 1.03 bits per heavy atom. The largest absolute Gasteiger partial charge is 0.495 e. The van der Waals surface area contributed by atoms with Crippen molar-refractivity contribution in [1.82, 2.24) is 4.90 Å². The number of methoxy groups -OCH3 is 2. The number of esters is 1. The number of carbonyl (C=O) groups is 1. The number of thiophene rings is 1. The number of nitrogens with zero attached hydrogens (tertiary/aromatic N) is 2. The number of para-hydroxylation sites is 2. The molecule has 1 aliphatic heterocycles. The van der Waals surface area contributed by atoms with Gasteiger partial charge in [0.05, 0.1) is 25.5 Å². The summed E-state index contributed by atoms with van der Waals surface area (Å²) >= 11 is 7.25. The Morgan fingerprint density at radius 2 is 1.73 bits per heavy atom. The molecule has 0 radical (unpaired) electrons. The SMILES string of the molecule is COC(=O)c1cc(Cc2ccccc2)sc1NC(=S)N1CCN(c2ccccc2OC)CC1. The van der Waals surface area contributed by atoms with E-state index in [1.165, 1.54) is 24.0 Å². The molecule has 1 aliphatic rings. The van der Waals surface area contributed by atoms with Gasteiger partial charge in [0.2, 0.25) is 0 Å². The Labute approximate surface area is 203 Å². The number of rotatable bonds is 6. The molecule has 4 rings (SSSR count). The van der Waals surface area contributed by atoms with Gasteiger partial charge in [0.25, 0.3) is 0 Å². The van der Waals surface area contributed by atoms with Gasteiger partial charge in [0.1, 0.15) is 10.8 Å². The number of anilines is 2. The van der Waals surface area contributed by atoms with E-state index in [1.807, 2.05) is 42.5 Å². The normalized spacial score (nSPS) is 13.5. The molecule has 0 bridgehead atoms. The zero-order chi connectivity index (χ0) is 23.2. The van der Waals surface area contributed by atoms with Crippen LogP contribution >= 0.6 is 23.6 Å². The monoisotopic (exact) mass is 481 g/mol. The molecule has 1 N–H and O–H groups in total. The van der Waals surface area contributed by atoms with E-state index in [9.17, 15) is 4.79 Å². The summed E-state index contributed by atoms with van der Waals surface area (Å²) in [5.74, 6) is 0.510. The Kier molecular flexibility index (Phi) is 7.47. The third-order valence-corrected chi connectivity index (χ3v) is 7.03. The van der Waals surface area contributed by atoms with Crippen LogP contribution < -0.4 is 15.0 Å². The van der Waals surface area contributed by atoms with E-state index in [0.29, 0.717) is 10.7 Å². The number of thiocarbonyl (C=S) groups is 1. The van der Waals surface area contributed by atoms with Crippen LogP contribution in [0.25, 0.3) is 0 Å². The molecule has 2 heterocycles. The minimum Gasteiger partial charge on any atom is -0.495 e. The number of hydrogen-bond donors (Lipinski definition) is 1. The summed E-state index contributed by atoms with van der Waals surface area (Å²) in [6, 6.07) is 20.1. The zero-order valence-corrected chi connectivity index (χ0v) is 20.4. The van der Waals surface area contributed by atoms with Crippen molar-refractivity contribution >= 4 is 45.3 Å². The van der Waals surface area contributed by atoms with Crippen molar-refractivity contribution in [2.45, 2.75) is 6.42 Å². The Balaban J connectivity index is 1.43. The van der Waals surface area contributed by atoms with Gasteiger partial charge in [-0.25, -0.2) is 4.79 Å². The van der Waals surface area contributed by atoms with Crippen LogP contribution in [0.15, 0.2) is 60.7 Å². The molecule has 0 spiro atoms. The highest BCUT2D eigenvalue weighted by molar-refractivity contribution is 7.80. The van der Waals surface area contributed by atoms with Crippen molar-refractivity contribution in [1.29, 1.82) is 0 Å². The van der Waals surface area contributed by atoms with Crippen molar-refractivity contribution in [3.8, 4) is 5.75 Å². The van der Waals surface area contributed by atoms with E-state index >= 15 is 0 Å². The maximum Gasteiger partial charge on any atom is 0.340 e. The molecule has 1 aromatic heterocycles. The van der Waals surface area contributed by atoms with E-state index in [1.54, 1.807) is 7.11 Å². The molecule has 172 valence electrons. The molecule has 0 aliphatic carbocycles. The maximum atomic E-state index is 12.4. The summed E-state index contributed by atoms with van der Waals surface area (Å²) in [5, 5.41) is 4.66. The number of benzene rings is 2. The van der Waals surface area contributed by atoms with Crippen LogP contribution in [0.5, 0.6) is 5.75 Å². The number of hydrogen-bond acceptors (Lipinski definition) is 6. The van der Waals surface area contributed by atoms with Crippen molar-refractivity contribution < 1.29 is 14.3 Å². The van der Waals surface area contributed by atoms with E-state index in [0.717, 1.165) is 53.9 Å². The third-order valence-electron chi connectivity index (χ3n) is 5.62. The van der Waals surface area contributed by atoms with Crippen molar-refractivity contribution in [2.24, 2.45) is 0 Å². The lowest BCUT2D eigenvalue weighted by Crippen LogP contribution is -2.50. The average Bonchev–Trinajstić information content (AvgIpc) is 3.26. The highest BCUT2D eigenvalue weighted by Gasteiger charge is 2.23. The molecule has 6 nitrogen and oxygen atoms in total. The Morgan fingerprint density at radius 3 is 2.42 bits per heavy atom. The lowest BCUT2D eigenvalue weighted by Gasteiger charge is -2.37. The van der Waals surface area contributed by atoms with Gasteiger partial charge < -0.3 is 24.6 Å². The number of ether oxygens (including phenoxy) is 2. The quantitative estimate of drug-likeness (QED) is 0.406. The molecular weight excluding hydrogens is 454 g/mol. The summed E-state index contributed by atoms with van der Waals surface area (Å²) in [4.78, 5) is 17.9. The smallest absolute Gasteiger partial charge is 0.340 e. The molecule has 33 heavy (non-hydrogen) atoms. The van der Waals surface area contributed by atoms with Crippen molar-refractivity contribution in [2.75, 3.05) is 50.6 Å². The second-order valence-corrected chi connectivity index (χ2v) is 9.21. The molecule has 0 unspecified atom stereocenters. The van der Waals surface area contributed by atoms with Gasteiger partial charge in [0.15, 0.2) is 5.11 Å². The Hall–Kier alpha value is -3.10. The third kappa shape index (κ3) is 5.46. The van der Waals surface area contributed by atoms with E-state index < -0.39 is 0 Å². The van der Waals surface area contributed by atoms with Gasteiger partial charge in [-0.1, -0.05) is 42.5 Å². The molecule has 0 saturated carbocycles. The number of piperazine rings is 1. The van der Waals surface area contributed by atoms with Crippen molar-refractivity contribution in [3.63, 3.8) is 0 Å². The molecule has 1 fully saturated rings. The summed E-state index contributed by atoms with van der Waals surface area (Å²) in [7, 11) is 3.09. The van der Waals surface area contributed by atoms with Gasteiger partial charge in [0, 0.05) is 37.5 Å². The second-order valence-electron chi connectivity index (χ2n) is 7.69. The molecule has 0 amide bonds. The van der Waals surface area contributed by atoms with Crippen LogP contribution in [-0.4, -0.2) is 56.4 Å². The van der Waals surface area contributed by atoms with Gasteiger partial charge in [-0.05, 0) is 36.0 Å². The predicted molar refractivity (Wildman–Crippen MR) is 138 cm³/mol. The molecule has 3 aromatic rings. The van der Waals surface area contributed by atoms with Crippen LogP contribution in [0.2, 0.25) is 0 Å². The minimum atomic E-state index is -0.364. The summed E-state index contributed by atoms with van der Waals surface area (Å²) < 4.78 is 10.5. The lowest BCUT2D eigenvalue weighted by atomic mass is 10.1. The van der Waals surface area contributed by atoms with E-state index in [-0.39, 0.29) is 5.97 Å². The predicted octanol–water partition coefficient (Wildman–Crippen LogP) is 4.65.